The van der Waals surface area contributed by atoms with Crippen molar-refractivity contribution in [3.63, 3.8) is 0 Å². The molecule has 5 aromatic rings. The van der Waals surface area contributed by atoms with Gasteiger partial charge in [0.1, 0.15) is 11.5 Å². The van der Waals surface area contributed by atoms with E-state index in [4.69, 9.17) is 24.6 Å². The molecule has 8 nitrogen and oxygen atoms in total. The predicted octanol–water partition coefficient (Wildman–Crippen LogP) is 7.38. The summed E-state index contributed by atoms with van der Waals surface area (Å²) in [5.41, 5.74) is 6.61. The normalized spacial score (nSPS) is 15.1. The van der Waals surface area contributed by atoms with E-state index in [1.54, 1.807) is 7.11 Å². The summed E-state index contributed by atoms with van der Waals surface area (Å²) in [6.45, 7) is 4.66. The molecule has 8 heteroatoms. The molecule has 0 fully saturated rings. The highest BCUT2D eigenvalue weighted by Crippen LogP contribution is 2.48. The maximum atomic E-state index is 5.78. The number of para-hydroxylation sites is 5. The monoisotopic (exact) mass is 554 g/mol. The van der Waals surface area contributed by atoms with Crippen LogP contribution in [0.1, 0.15) is 29.8 Å². The summed E-state index contributed by atoms with van der Waals surface area (Å²) >= 11 is 0. The number of amidine groups is 2. The first-order chi connectivity index (χ1) is 20.7. The highest BCUT2D eigenvalue weighted by molar-refractivity contribution is 6.51. The van der Waals surface area contributed by atoms with E-state index in [9.17, 15) is 0 Å². The third kappa shape index (κ3) is 4.28. The van der Waals surface area contributed by atoms with Crippen molar-refractivity contribution in [2.45, 2.75) is 19.9 Å². The van der Waals surface area contributed by atoms with Gasteiger partial charge in [0.15, 0.2) is 17.5 Å². The number of nitrogens with one attached hydrogen (secondary N) is 1. The van der Waals surface area contributed by atoms with Crippen molar-refractivity contribution in [2.75, 3.05) is 23.9 Å². The zero-order valence-corrected chi connectivity index (χ0v) is 23.7. The maximum Gasteiger partial charge on any atom is 0.179 e. The molecule has 7 rings (SSSR count). The van der Waals surface area contributed by atoms with Crippen LogP contribution in [0.25, 0.3) is 5.69 Å². The van der Waals surface area contributed by atoms with Crippen molar-refractivity contribution in [3.05, 3.63) is 120 Å². The van der Waals surface area contributed by atoms with Gasteiger partial charge in [-0.2, -0.15) is 5.10 Å². The second-order valence-electron chi connectivity index (χ2n) is 10.1. The van der Waals surface area contributed by atoms with E-state index in [2.05, 4.69) is 35.3 Å². The topological polar surface area (TPSA) is 76.3 Å². The number of benzene rings is 4. The van der Waals surface area contributed by atoms with Gasteiger partial charge in [0, 0.05) is 5.56 Å². The van der Waals surface area contributed by atoms with E-state index < -0.39 is 0 Å². The SMILES string of the molecule is CCOc1ccc([C@@H]2c3c(C)nn(-c4ccccc4)c3N=C3C(Nc4ccccc4OC)=Nc4ccccc4N32)cc1. The van der Waals surface area contributed by atoms with Crippen LogP contribution in [0.15, 0.2) is 113 Å². The van der Waals surface area contributed by atoms with E-state index in [1.807, 2.05) is 96.5 Å². The van der Waals surface area contributed by atoms with Gasteiger partial charge >= 0.3 is 0 Å². The smallest absolute Gasteiger partial charge is 0.179 e. The zero-order valence-electron chi connectivity index (χ0n) is 23.7. The molecule has 2 aliphatic rings. The van der Waals surface area contributed by atoms with Gasteiger partial charge in [0.25, 0.3) is 0 Å². The number of nitrogens with zero attached hydrogens (tertiary/aromatic N) is 5. The number of aryl methyl sites for hydroxylation is 1. The van der Waals surface area contributed by atoms with E-state index >= 15 is 0 Å². The molecule has 0 unspecified atom stereocenters. The number of rotatable bonds is 6. The first-order valence-corrected chi connectivity index (χ1v) is 14.0. The maximum absolute atomic E-state index is 5.78. The van der Waals surface area contributed by atoms with Crippen LogP contribution in [0.2, 0.25) is 0 Å². The Balaban J connectivity index is 1.47. The first kappa shape index (κ1) is 25.6. The molecule has 0 spiro atoms. The van der Waals surface area contributed by atoms with Crippen LogP contribution in [-0.2, 0) is 0 Å². The molecule has 208 valence electrons. The molecule has 0 radical (unpaired) electrons. The molecule has 3 heterocycles. The quantitative estimate of drug-likeness (QED) is 0.237. The summed E-state index contributed by atoms with van der Waals surface area (Å²) < 4.78 is 13.4. The minimum atomic E-state index is -0.216. The number of fused-ring (bicyclic) bond motifs is 4. The Bertz CT molecular complexity index is 1830. The van der Waals surface area contributed by atoms with E-state index in [-0.39, 0.29) is 6.04 Å². The fourth-order valence-electron chi connectivity index (χ4n) is 5.65. The third-order valence-electron chi connectivity index (χ3n) is 7.51. The van der Waals surface area contributed by atoms with Gasteiger partial charge in [-0.1, -0.05) is 54.6 Å². The van der Waals surface area contributed by atoms with Crippen molar-refractivity contribution < 1.29 is 9.47 Å². The van der Waals surface area contributed by atoms with Gasteiger partial charge in [-0.05, 0) is 67.9 Å². The molecular formula is C34H30N6O2. The van der Waals surface area contributed by atoms with E-state index in [0.29, 0.717) is 18.3 Å². The van der Waals surface area contributed by atoms with Crippen LogP contribution in [0, 0.1) is 6.92 Å². The average Bonchev–Trinajstić information content (AvgIpc) is 3.37. The lowest BCUT2D eigenvalue weighted by Crippen LogP contribution is -2.46. The average molecular weight is 555 g/mol. The lowest BCUT2D eigenvalue weighted by Gasteiger charge is -2.40. The minimum absolute atomic E-state index is 0.216. The molecule has 0 saturated carbocycles. The molecule has 4 aromatic carbocycles. The number of aromatic nitrogens is 2. The first-order valence-electron chi connectivity index (χ1n) is 14.0. The Kier molecular flexibility index (Phi) is 6.43. The van der Waals surface area contributed by atoms with E-state index in [1.165, 1.54) is 0 Å². The Labute approximate surface area is 244 Å². The number of hydrogen-bond acceptors (Lipinski definition) is 7. The minimum Gasteiger partial charge on any atom is -0.495 e. The van der Waals surface area contributed by atoms with Crippen molar-refractivity contribution in [1.29, 1.82) is 0 Å². The zero-order chi connectivity index (χ0) is 28.6. The number of anilines is 2. The van der Waals surface area contributed by atoms with Gasteiger partial charge in [0.2, 0.25) is 0 Å². The van der Waals surface area contributed by atoms with Gasteiger partial charge < -0.3 is 19.7 Å². The molecule has 42 heavy (non-hydrogen) atoms. The number of methoxy groups -OCH3 is 1. The molecule has 1 atom stereocenters. The van der Waals surface area contributed by atoms with Crippen molar-refractivity contribution in [3.8, 4) is 17.2 Å². The fraction of sp³-hybridized carbons (Fsp3) is 0.147. The van der Waals surface area contributed by atoms with Crippen LogP contribution < -0.4 is 19.7 Å². The van der Waals surface area contributed by atoms with Crippen molar-refractivity contribution in [2.24, 2.45) is 9.98 Å². The molecular weight excluding hydrogens is 524 g/mol. The van der Waals surface area contributed by atoms with Gasteiger partial charge in [-0.15, -0.1) is 0 Å². The molecule has 0 bridgehead atoms. The largest absolute Gasteiger partial charge is 0.495 e. The molecule has 0 amide bonds. The summed E-state index contributed by atoms with van der Waals surface area (Å²) in [4.78, 5) is 12.6. The number of aliphatic imine (C=N–C) groups is 2. The molecule has 0 aliphatic carbocycles. The molecule has 1 aromatic heterocycles. The molecule has 2 aliphatic heterocycles. The lowest BCUT2D eigenvalue weighted by atomic mass is 9.93. The fourth-order valence-corrected chi connectivity index (χ4v) is 5.65. The van der Waals surface area contributed by atoms with Gasteiger partial charge in [0.05, 0.1) is 48.2 Å². The lowest BCUT2D eigenvalue weighted by molar-refractivity contribution is 0.340. The van der Waals surface area contributed by atoms with Crippen LogP contribution in [0.3, 0.4) is 0 Å². The van der Waals surface area contributed by atoms with Crippen molar-refractivity contribution in [1.82, 2.24) is 9.78 Å². The Morgan fingerprint density at radius 2 is 1.57 bits per heavy atom. The second-order valence-corrected chi connectivity index (χ2v) is 10.1. The van der Waals surface area contributed by atoms with Gasteiger partial charge in [-0.3, -0.25) is 0 Å². The summed E-state index contributed by atoms with van der Waals surface area (Å²) in [6.07, 6.45) is 0. The summed E-state index contributed by atoms with van der Waals surface area (Å²) in [7, 11) is 1.67. The number of ether oxygens (including phenoxy) is 2. The van der Waals surface area contributed by atoms with Crippen molar-refractivity contribution >= 4 is 34.6 Å². The summed E-state index contributed by atoms with van der Waals surface area (Å²) in [6, 6.07) is 34.2. The second kappa shape index (κ2) is 10.6. The molecule has 1 N–H and O–H groups in total. The summed E-state index contributed by atoms with van der Waals surface area (Å²) in [5, 5.41) is 8.55. The standard InChI is InChI=1S/C34H30N6O2/c1-4-42-25-20-18-23(19-21-25)31-30-22(2)38-40(24-12-6-5-7-13-24)33(30)37-34-32(36-27-15-9-11-17-29(27)41-3)35-26-14-8-10-16-28(26)39(31)34/h5-21,31H,4H2,1-3H3,(H,35,36)/t31-/m1/s1. The number of hydrogen-bond donors (Lipinski definition) is 1. The third-order valence-corrected chi connectivity index (χ3v) is 7.51. The van der Waals surface area contributed by atoms with E-state index in [0.717, 1.165) is 56.9 Å². The van der Waals surface area contributed by atoms with Crippen LogP contribution in [0.4, 0.5) is 22.9 Å². The van der Waals surface area contributed by atoms with Crippen LogP contribution in [0.5, 0.6) is 11.5 Å². The Morgan fingerprint density at radius 3 is 2.36 bits per heavy atom. The Morgan fingerprint density at radius 1 is 0.833 bits per heavy atom. The highest BCUT2D eigenvalue weighted by atomic mass is 16.5. The molecule has 0 saturated heterocycles. The van der Waals surface area contributed by atoms with Crippen LogP contribution >= 0.6 is 0 Å². The van der Waals surface area contributed by atoms with Crippen LogP contribution in [-0.4, -0.2) is 35.2 Å². The van der Waals surface area contributed by atoms with Gasteiger partial charge in [-0.25, -0.2) is 14.7 Å². The summed E-state index contributed by atoms with van der Waals surface area (Å²) in [5.74, 6) is 3.65. The predicted molar refractivity (Wildman–Crippen MR) is 167 cm³/mol. The highest BCUT2D eigenvalue weighted by Gasteiger charge is 2.41. The Hall–Kier alpha value is -5.37.